The highest BCUT2D eigenvalue weighted by molar-refractivity contribution is 7.10. The van der Waals surface area contributed by atoms with Crippen molar-refractivity contribution in [3.8, 4) is 5.75 Å². The first kappa shape index (κ1) is 13.1. The molecule has 0 aliphatic rings. The van der Waals surface area contributed by atoms with Gasteiger partial charge in [-0.15, -0.1) is 11.3 Å². The Morgan fingerprint density at radius 1 is 1.50 bits per heavy atom. The van der Waals surface area contributed by atoms with E-state index >= 15 is 0 Å². The fraction of sp³-hybridized carbons (Fsp3) is 0.462. The SMILES string of the molecule is CCc1cc(CC(N)c2cc(OC)cs2)n(C)n1. The van der Waals surface area contributed by atoms with Gasteiger partial charge < -0.3 is 10.5 Å². The van der Waals surface area contributed by atoms with Gasteiger partial charge in [0, 0.05) is 35.5 Å². The van der Waals surface area contributed by atoms with Crippen LogP contribution < -0.4 is 10.5 Å². The number of nitrogens with zero attached hydrogens (tertiary/aromatic N) is 2. The Bertz CT molecular complexity index is 518. The third-order valence-corrected chi connectivity index (χ3v) is 4.06. The number of ether oxygens (including phenoxy) is 1. The molecule has 0 saturated carbocycles. The lowest BCUT2D eigenvalue weighted by atomic mass is 10.1. The van der Waals surface area contributed by atoms with Crippen LogP contribution in [-0.2, 0) is 19.9 Å². The van der Waals surface area contributed by atoms with Crippen molar-refractivity contribution in [2.24, 2.45) is 12.8 Å². The summed E-state index contributed by atoms with van der Waals surface area (Å²) in [4.78, 5) is 1.14. The van der Waals surface area contributed by atoms with E-state index in [1.165, 1.54) is 5.69 Å². The topological polar surface area (TPSA) is 53.1 Å². The number of nitrogens with two attached hydrogens (primary N) is 1. The Kier molecular flexibility index (Phi) is 4.04. The van der Waals surface area contributed by atoms with Gasteiger partial charge in [-0.1, -0.05) is 6.92 Å². The van der Waals surface area contributed by atoms with E-state index in [0.29, 0.717) is 0 Å². The molecule has 4 nitrogen and oxygen atoms in total. The highest BCUT2D eigenvalue weighted by Gasteiger charge is 2.13. The number of hydrogen-bond acceptors (Lipinski definition) is 4. The average Bonchev–Trinajstić information content (AvgIpc) is 2.96. The predicted molar refractivity (Wildman–Crippen MR) is 74.1 cm³/mol. The smallest absolute Gasteiger partial charge is 0.129 e. The van der Waals surface area contributed by atoms with Crippen molar-refractivity contribution in [3.05, 3.63) is 33.8 Å². The summed E-state index contributed by atoms with van der Waals surface area (Å²) >= 11 is 1.64. The summed E-state index contributed by atoms with van der Waals surface area (Å²) in [7, 11) is 3.64. The Labute approximate surface area is 111 Å². The molecule has 0 saturated heterocycles. The maximum absolute atomic E-state index is 6.23. The molecule has 18 heavy (non-hydrogen) atoms. The van der Waals surface area contributed by atoms with Crippen molar-refractivity contribution in [2.45, 2.75) is 25.8 Å². The lowest BCUT2D eigenvalue weighted by Crippen LogP contribution is -2.14. The molecule has 2 N–H and O–H groups in total. The van der Waals surface area contributed by atoms with Crippen LogP contribution in [0, 0.1) is 0 Å². The van der Waals surface area contributed by atoms with Crippen LogP contribution in [0.25, 0.3) is 0 Å². The van der Waals surface area contributed by atoms with Gasteiger partial charge in [0.15, 0.2) is 0 Å². The van der Waals surface area contributed by atoms with E-state index in [9.17, 15) is 0 Å². The van der Waals surface area contributed by atoms with Crippen molar-refractivity contribution in [3.63, 3.8) is 0 Å². The molecule has 5 heteroatoms. The molecule has 0 aromatic carbocycles. The first-order valence-corrected chi connectivity index (χ1v) is 6.91. The summed E-state index contributed by atoms with van der Waals surface area (Å²) in [5.41, 5.74) is 8.52. The number of aryl methyl sites for hydroxylation is 2. The van der Waals surface area contributed by atoms with Gasteiger partial charge in [0.25, 0.3) is 0 Å². The molecule has 0 spiro atoms. The fourth-order valence-corrected chi connectivity index (χ4v) is 2.76. The standard InChI is InChI=1S/C13H19N3OS/c1-4-9-5-10(16(2)15-9)6-12(14)13-7-11(17-3)8-18-13/h5,7-8,12H,4,6,14H2,1-3H3. The molecular formula is C13H19N3OS. The molecule has 2 heterocycles. The van der Waals surface area contributed by atoms with E-state index in [4.69, 9.17) is 10.5 Å². The molecule has 2 aromatic rings. The van der Waals surface area contributed by atoms with Crippen LogP contribution in [0.3, 0.4) is 0 Å². The second-order valence-electron chi connectivity index (χ2n) is 4.30. The van der Waals surface area contributed by atoms with Gasteiger partial charge in [0.05, 0.1) is 12.8 Å². The first-order valence-electron chi connectivity index (χ1n) is 6.03. The summed E-state index contributed by atoms with van der Waals surface area (Å²) in [6.07, 6.45) is 1.75. The predicted octanol–water partition coefficient (Wildman–Crippen LogP) is 2.30. The van der Waals surface area contributed by atoms with Crippen molar-refractivity contribution >= 4 is 11.3 Å². The van der Waals surface area contributed by atoms with Crippen LogP contribution >= 0.6 is 11.3 Å². The van der Waals surface area contributed by atoms with E-state index in [2.05, 4.69) is 18.1 Å². The van der Waals surface area contributed by atoms with Crippen LogP contribution in [0.1, 0.15) is 29.2 Å². The minimum absolute atomic E-state index is 0.000920. The number of rotatable bonds is 5. The second kappa shape index (κ2) is 5.54. The molecule has 2 rings (SSSR count). The van der Waals surface area contributed by atoms with Crippen LogP contribution in [0.5, 0.6) is 5.75 Å². The van der Waals surface area contributed by atoms with Crippen LogP contribution in [-0.4, -0.2) is 16.9 Å². The molecule has 0 aliphatic carbocycles. The minimum atomic E-state index is -0.000920. The number of aromatic nitrogens is 2. The highest BCUT2D eigenvalue weighted by Crippen LogP contribution is 2.27. The van der Waals surface area contributed by atoms with Crippen LogP contribution in [0.4, 0.5) is 0 Å². The summed E-state index contributed by atoms with van der Waals surface area (Å²) in [6.45, 7) is 2.11. The zero-order valence-corrected chi connectivity index (χ0v) is 11.8. The molecule has 0 fully saturated rings. The van der Waals surface area contributed by atoms with E-state index in [-0.39, 0.29) is 6.04 Å². The summed E-state index contributed by atoms with van der Waals surface area (Å²) in [5, 5.41) is 6.42. The molecule has 0 radical (unpaired) electrons. The summed E-state index contributed by atoms with van der Waals surface area (Å²) in [5.74, 6) is 0.879. The Morgan fingerprint density at radius 2 is 2.28 bits per heavy atom. The minimum Gasteiger partial charge on any atom is -0.496 e. The second-order valence-corrected chi connectivity index (χ2v) is 5.25. The maximum Gasteiger partial charge on any atom is 0.129 e. The number of hydrogen-bond donors (Lipinski definition) is 1. The molecule has 2 aromatic heterocycles. The van der Waals surface area contributed by atoms with E-state index in [0.717, 1.165) is 29.2 Å². The van der Waals surface area contributed by atoms with Crippen molar-refractivity contribution < 1.29 is 4.74 Å². The van der Waals surface area contributed by atoms with Crippen LogP contribution in [0.15, 0.2) is 17.5 Å². The number of methoxy groups -OCH3 is 1. The Hall–Kier alpha value is -1.33. The van der Waals surface area contributed by atoms with E-state index in [1.54, 1.807) is 18.4 Å². The fourth-order valence-electron chi connectivity index (χ4n) is 1.90. The largest absolute Gasteiger partial charge is 0.496 e. The van der Waals surface area contributed by atoms with Crippen LogP contribution in [0.2, 0.25) is 0 Å². The van der Waals surface area contributed by atoms with E-state index in [1.807, 2.05) is 23.2 Å². The van der Waals surface area contributed by atoms with Crippen molar-refractivity contribution in [2.75, 3.05) is 7.11 Å². The van der Waals surface area contributed by atoms with E-state index < -0.39 is 0 Å². The molecular weight excluding hydrogens is 246 g/mol. The third-order valence-electron chi connectivity index (χ3n) is 3.02. The third kappa shape index (κ3) is 2.73. The van der Waals surface area contributed by atoms with Gasteiger partial charge >= 0.3 is 0 Å². The van der Waals surface area contributed by atoms with Gasteiger partial charge in [0.2, 0.25) is 0 Å². The zero-order valence-electron chi connectivity index (χ0n) is 11.0. The normalized spacial score (nSPS) is 12.7. The summed E-state index contributed by atoms with van der Waals surface area (Å²) in [6, 6.07) is 4.14. The molecule has 1 atom stereocenters. The van der Waals surface area contributed by atoms with Crippen molar-refractivity contribution in [1.29, 1.82) is 0 Å². The molecule has 0 aliphatic heterocycles. The molecule has 0 bridgehead atoms. The Balaban J connectivity index is 2.10. The molecule has 0 amide bonds. The lowest BCUT2D eigenvalue weighted by molar-refractivity contribution is 0.416. The quantitative estimate of drug-likeness (QED) is 0.902. The molecule has 98 valence electrons. The van der Waals surface area contributed by atoms with Gasteiger partial charge in [-0.25, -0.2) is 0 Å². The van der Waals surface area contributed by atoms with Crippen molar-refractivity contribution in [1.82, 2.24) is 9.78 Å². The lowest BCUT2D eigenvalue weighted by Gasteiger charge is -2.09. The van der Waals surface area contributed by atoms with Gasteiger partial charge in [-0.2, -0.15) is 5.10 Å². The average molecular weight is 265 g/mol. The van der Waals surface area contributed by atoms with Gasteiger partial charge in [-0.3, -0.25) is 4.68 Å². The molecule has 1 unspecified atom stereocenters. The Morgan fingerprint density at radius 3 is 2.83 bits per heavy atom. The first-order chi connectivity index (χ1) is 8.63. The summed E-state index contributed by atoms with van der Waals surface area (Å²) < 4.78 is 7.10. The van der Waals surface area contributed by atoms with Gasteiger partial charge in [0.1, 0.15) is 5.75 Å². The zero-order chi connectivity index (χ0) is 13.1. The number of thiophene rings is 1. The van der Waals surface area contributed by atoms with Gasteiger partial charge in [-0.05, 0) is 18.6 Å². The highest BCUT2D eigenvalue weighted by atomic mass is 32.1. The monoisotopic (exact) mass is 265 g/mol. The maximum atomic E-state index is 6.23.